The van der Waals surface area contributed by atoms with Gasteiger partial charge in [0, 0.05) is 0 Å². The molecule has 0 fully saturated rings. The van der Waals surface area contributed by atoms with Gasteiger partial charge in [-0.05, 0) is 12.4 Å². The minimum absolute atomic E-state index is 1.01. The summed E-state index contributed by atoms with van der Waals surface area (Å²) in [5, 5.41) is 0. The summed E-state index contributed by atoms with van der Waals surface area (Å²) in [6, 6.07) is 0. The Morgan fingerprint density at radius 1 is 1.75 bits per heavy atom. The van der Waals surface area contributed by atoms with Crippen molar-refractivity contribution in [3.63, 3.8) is 0 Å². The van der Waals surface area contributed by atoms with Gasteiger partial charge in [0.05, 0.1) is 7.11 Å². The Labute approximate surface area is 47.8 Å². The zero-order valence-corrected chi connectivity index (χ0v) is 5.10. The highest BCUT2D eigenvalue weighted by Gasteiger charge is 1.99. The Bertz CT molecular complexity index is 199. The quantitative estimate of drug-likeness (QED) is 0.490. The minimum atomic E-state index is -3.72. The van der Waals surface area contributed by atoms with Crippen molar-refractivity contribution >= 4 is 16.2 Å². The standard InChI is InChI=1S/C3H5NO3S/c1-3-4-8(5,6)7-2/h1H2,2H3. The molecule has 0 aromatic carbocycles. The summed E-state index contributed by atoms with van der Waals surface area (Å²) in [4.78, 5) is 0. The van der Waals surface area contributed by atoms with E-state index < -0.39 is 10.3 Å². The molecule has 4 nitrogen and oxygen atoms in total. The van der Waals surface area contributed by atoms with Gasteiger partial charge in [-0.1, -0.05) is 4.40 Å². The molecule has 0 atom stereocenters. The molecule has 0 spiro atoms. The topological polar surface area (TPSA) is 55.7 Å². The van der Waals surface area contributed by atoms with E-state index in [9.17, 15) is 8.42 Å². The van der Waals surface area contributed by atoms with Crippen LogP contribution in [-0.2, 0) is 14.5 Å². The monoisotopic (exact) mass is 135 g/mol. The van der Waals surface area contributed by atoms with Crippen LogP contribution in [0.4, 0.5) is 0 Å². The summed E-state index contributed by atoms with van der Waals surface area (Å²) >= 11 is 0. The first-order chi connectivity index (χ1) is 3.62. The van der Waals surface area contributed by atoms with Crippen molar-refractivity contribution in [2.75, 3.05) is 7.11 Å². The molecule has 0 aromatic rings. The van der Waals surface area contributed by atoms with Crippen LogP contribution in [0, 0.1) is 0 Å². The van der Waals surface area contributed by atoms with Gasteiger partial charge in [-0.3, -0.25) is 4.18 Å². The Morgan fingerprint density at radius 2 is 2.25 bits per heavy atom. The summed E-state index contributed by atoms with van der Waals surface area (Å²) in [6.45, 7) is 2.94. The van der Waals surface area contributed by atoms with Crippen molar-refractivity contribution in [3.8, 4) is 0 Å². The van der Waals surface area contributed by atoms with Crippen molar-refractivity contribution < 1.29 is 12.6 Å². The molecule has 0 aromatic heterocycles. The maximum absolute atomic E-state index is 10.1. The van der Waals surface area contributed by atoms with Crippen molar-refractivity contribution in [1.82, 2.24) is 0 Å². The number of hydrogen-bond donors (Lipinski definition) is 0. The molecule has 0 aliphatic carbocycles. The van der Waals surface area contributed by atoms with Crippen LogP contribution in [0.3, 0.4) is 0 Å². The summed E-state index contributed by atoms with van der Waals surface area (Å²) < 4.78 is 26.9. The Balaban J connectivity index is 4.41. The van der Waals surface area contributed by atoms with Crippen molar-refractivity contribution in [2.45, 2.75) is 0 Å². The second-order valence-corrected chi connectivity index (χ2v) is 2.22. The van der Waals surface area contributed by atoms with Gasteiger partial charge in [-0.15, -0.1) is 0 Å². The van der Waals surface area contributed by atoms with Gasteiger partial charge in [0.15, 0.2) is 0 Å². The second-order valence-electron chi connectivity index (χ2n) is 0.844. The molecular formula is C3H5NO3S. The summed E-state index contributed by atoms with van der Waals surface area (Å²) in [7, 11) is -2.71. The van der Waals surface area contributed by atoms with E-state index in [-0.39, 0.29) is 0 Å². The first-order valence-electron chi connectivity index (χ1n) is 1.67. The molecule has 8 heavy (non-hydrogen) atoms. The van der Waals surface area contributed by atoms with E-state index in [0.717, 1.165) is 7.11 Å². The van der Waals surface area contributed by atoms with Crippen LogP contribution in [0.25, 0.3) is 0 Å². The van der Waals surface area contributed by atoms with Crippen molar-refractivity contribution in [3.05, 3.63) is 6.58 Å². The van der Waals surface area contributed by atoms with Gasteiger partial charge in [0.25, 0.3) is 0 Å². The van der Waals surface area contributed by atoms with E-state index in [2.05, 4.69) is 15.2 Å². The molecule has 0 amide bonds. The first-order valence-corrected chi connectivity index (χ1v) is 3.03. The summed E-state index contributed by atoms with van der Waals surface area (Å²) in [6.07, 6.45) is 0. The molecule has 0 unspecified atom stereocenters. The fourth-order valence-corrected chi connectivity index (χ4v) is 0.349. The molecule has 46 valence electrons. The lowest BCUT2D eigenvalue weighted by atomic mass is 11.2. The van der Waals surface area contributed by atoms with E-state index in [1.54, 1.807) is 0 Å². The zero-order valence-electron chi connectivity index (χ0n) is 4.29. The molecule has 0 radical (unpaired) electrons. The molecule has 0 aliphatic rings. The predicted molar refractivity (Wildman–Crippen MR) is 29.0 cm³/mol. The minimum Gasteiger partial charge on any atom is -0.255 e. The van der Waals surface area contributed by atoms with Crippen LogP contribution in [0.1, 0.15) is 0 Å². The maximum Gasteiger partial charge on any atom is 0.388 e. The third kappa shape index (κ3) is 2.52. The fourth-order valence-electron chi connectivity index (χ4n) is 0.116. The van der Waals surface area contributed by atoms with Crippen LogP contribution in [0.5, 0.6) is 0 Å². The molecule has 0 heterocycles. The van der Waals surface area contributed by atoms with Crippen LogP contribution < -0.4 is 0 Å². The second kappa shape index (κ2) is 2.61. The van der Waals surface area contributed by atoms with Gasteiger partial charge < -0.3 is 0 Å². The molecule has 0 bridgehead atoms. The molecule has 5 heteroatoms. The highest BCUT2D eigenvalue weighted by molar-refractivity contribution is 7.85. The lowest BCUT2D eigenvalue weighted by molar-refractivity contribution is 0.399. The van der Waals surface area contributed by atoms with E-state index >= 15 is 0 Å². The SMILES string of the molecule is C=C=NS(=O)(=O)OC. The lowest BCUT2D eigenvalue weighted by Gasteiger charge is -1.85. The molecule has 0 saturated heterocycles. The summed E-state index contributed by atoms with van der Waals surface area (Å²) in [5.41, 5.74) is 0. The number of nitrogens with zero attached hydrogens (tertiary/aromatic N) is 1. The van der Waals surface area contributed by atoms with E-state index in [1.807, 2.05) is 5.87 Å². The zero-order chi connectivity index (χ0) is 6.62. The van der Waals surface area contributed by atoms with Crippen LogP contribution >= 0.6 is 0 Å². The van der Waals surface area contributed by atoms with Crippen LogP contribution in [0.2, 0.25) is 0 Å². The maximum atomic E-state index is 10.1. The van der Waals surface area contributed by atoms with Gasteiger partial charge in [0.1, 0.15) is 0 Å². The molecule has 0 aliphatic heterocycles. The van der Waals surface area contributed by atoms with Crippen molar-refractivity contribution in [2.24, 2.45) is 4.40 Å². The fraction of sp³-hybridized carbons (Fsp3) is 0.333. The number of hydrogen-bond acceptors (Lipinski definition) is 3. The Kier molecular flexibility index (Phi) is 2.41. The molecular weight excluding hydrogens is 130 g/mol. The highest BCUT2D eigenvalue weighted by Crippen LogP contribution is 1.86. The molecule has 0 N–H and O–H groups in total. The van der Waals surface area contributed by atoms with Gasteiger partial charge in [-0.25, -0.2) is 0 Å². The van der Waals surface area contributed by atoms with Gasteiger partial charge in [-0.2, -0.15) is 8.42 Å². The number of rotatable bonds is 2. The predicted octanol–water partition coefficient (Wildman–Crippen LogP) is -0.267. The van der Waals surface area contributed by atoms with E-state index in [4.69, 9.17) is 0 Å². The lowest BCUT2D eigenvalue weighted by Crippen LogP contribution is -1.95. The largest absolute Gasteiger partial charge is 0.388 e. The van der Waals surface area contributed by atoms with Gasteiger partial charge in [0.2, 0.25) is 0 Å². The smallest absolute Gasteiger partial charge is 0.255 e. The Hall–Kier alpha value is -0.640. The highest BCUT2D eigenvalue weighted by atomic mass is 32.2. The van der Waals surface area contributed by atoms with Crippen LogP contribution in [-0.4, -0.2) is 21.4 Å². The van der Waals surface area contributed by atoms with Gasteiger partial charge >= 0.3 is 10.3 Å². The summed E-state index contributed by atoms with van der Waals surface area (Å²) in [5.74, 6) is 1.82. The third-order valence-corrected chi connectivity index (χ3v) is 1.16. The van der Waals surface area contributed by atoms with Crippen molar-refractivity contribution in [1.29, 1.82) is 0 Å². The Morgan fingerprint density at radius 3 is 2.38 bits per heavy atom. The molecule has 0 saturated carbocycles. The van der Waals surface area contributed by atoms with E-state index in [1.165, 1.54) is 0 Å². The van der Waals surface area contributed by atoms with E-state index in [0.29, 0.717) is 0 Å². The molecule has 0 rings (SSSR count). The first kappa shape index (κ1) is 7.36. The average Bonchev–Trinajstić information content (AvgIpc) is 1.67. The third-order valence-electron chi connectivity index (χ3n) is 0.387. The normalized spacial score (nSPS) is 10.1. The average molecular weight is 135 g/mol. The van der Waals surface area contributed by atoms with Crippen LogP contribution in [0.15, 0.2) is 11.0 Å².